The summed E-state index contributed by atoms with van der Waals surface area (Å²) < 4.78 is 15.7. The van der Waals surface area contributed by atoms with Crippen molar-refractivity contribution in [2.24, 2.45) is 0 Å². The van der Waals surface area contributed by atoms with E-state index < -0.39 is 0 Å². The minimum atomic E-state index is -0.343. The Morgan fingerprint density at radius 3 is 2.86 bits per heavy atom. The number of thioether (sulfide) groups is 1. The van der Waals surface area contributed by atoms with Crippen LogP contribution in [0, 0.1) is 0 Å². The van der Waals surface area contributed by atoms with E-state index in [1.807, 2.05) is 24.3 Å². The van der Waals surface area contributed by atoms with Crippen LogP contribution in [0.2, 0.25) is 0 Å². The van der Waals surface area contributed by atoms with Crippen molar-refractivity contribution in [1.82, 2.24) is 0 Å². The fourth-order valence-electron chi connectivity index (χ4n) is 2.11. The number of fused-ring (bicyclic) bond motifs is 1. The van der Waals surface area contributed by atoms with Crippen LogP contribution in [0.1, 0.15) is 11.3 Å². The summed E-state index contributed by atoms with van der Waals surface area (Å²) in [5, 5.41) is 0.933. The van der Waals surface area contributed by atoms with Crippen LogP contribution in [-0.4, -0.2) is 7.11 Å². The second kappa shape index (κ2) is 6.10. The zero-order valence-corrected chi connectivity index (χ0v) is 12.3. The molecule has 0 N–H and O–H groups in total. The molecule has 108 valence electrons. The van der Waals surface area contributed by atoms with Crippen LogP contribution >= 0.6 is 11.8 Å². The molecule has 5 heteroatoms. The van der Waals surface area contributed by atoms with Crippen LogP contribution in [0.25, 0.3) is 11.0 Å². The van der Waals surface area contributed by atoms with Crippen molar-refractivity contribution in [3.05, 3.63) is 64.4 Å². The van der Waals surface area contributed by atoms with Crippen molar-refractivity contribution < 1.29 is 13.6 Å². The zero-order chi connectivity index (χ0) is 14.7. The summed E-state index contributed by atoms with van der Waals surface area (Å²) in [5.41, 5.74) is 1.17. The number of ether oxygens (including phenoxy) is 1. The van der Waals surface area contributed by atoms with E-state index in [9.17, 15) is 4.79 Å². The molecule has 0 atom stereocenters. The molecule has 0 saturated heterocycles. The summed E-state index contributed by atoms with van der Waals surface area (Å²) in [6, 6.07) is 10.9. The van der Waals surface area contributed by atoms with Crippen LogP contribution < -0.4 is 10.4 Å². The van der Waals surface area contributed by atoms with Gasteiger partial charge in [0.15, 0.2) is 0 Å². The highest BCUT2D eigenvalue weighted by molar-refractivity contribution is 7.97. The van der Waals surface area contributed by atoms with Crippen LogP contribution in [0.5, 0.6) is 5.75 Å². The quantitative estimate of drug-likeness (QED) is 0.670. The molecule has 2 heterocycles. The van der Waals surface area contributed by atoms with Crippen LogP contribution in [0.3, 0.4) is 0 Å². The molecule has 21 heavy (non-hydrogen) atoms. The van der Waals surface area contributed by atoms with E-state index in [-0.39, 0.29) is 5.63 Å². The molecule has 1 aromatic carbocycles. The van der Waals surface area contributed by atoms with Gasteiger partial charge in [0, 0.05) is 23.3 Å². The maximum Gasteiger partial charge on any atom is 0.336 e. The smallest absolute Gasteiger partial charge is 0.336 e. The molecule has 3 aromatic rings. The first-order chi connectivity index (χ1) is 10.3. The third-order valence-corrected chi connectivity index (χ3v) is 4.12. The van der Waals surface area contributed by atoms with Gasteiger partial charge in [-0.25, -0.2) is 4.79 Å². The van der Waals surface area contributed by atoms with Crippen molar-refractivity contribution in [2.75, 3.05) is 7.11 Å². The van der Waals surface area contributed by atoms with Crippen molar-refractivity contribution in [1.29, 1.82) is 0 Å². The maximum atomic E-state index is 11.7. The molecule has 0 aliphatic carbocycles. The Kier molecular flexibility index (Phi) is 4.01. The average Bonchev–Trinajstić information content (AvgIpc) is 2.99. The molecule has 4 nitrogen and oxygen atoms in total. The number of hydrogen-bond donors (Lipinski definition) is 0. The number of furan rings is 1. The maximum absolute atomic E-state index is 11.7. The van der Waals surface area contributed by atoms with Gasteiger partial charge in [0.2, 0.25) is 0 Å². The number of rotatable bonds is 5. The van der Waals surface area contributed by atoms with Crippen molar-refractivity contribution in [3.63, 3.8) is 0 Å². The molecule has 0 fully saturated rings. The van der Waals surface area contributed by atoms with Gasteiger partial charge in [-0.05, 0) is 29.8 Å². The Bertz CT molecular complexity index is 790. The van der Waals surface area contributed by atoms with Gasteiger partial charge in [0.1, 0.15) is 17.1 Å². The number of hydrogen-bond acceptors (Lipinski definition) is 5. The molecule has 0 saturated carbocycles. The molecule has 0 aliphatic rings. The van der Waals surface area contributed by atoms with E-state index in [4.69, 9.17) is 13.6 Å². The summed E-state index contributed by atoms with van der Waals surface area (Å²) in [6.45, 7) is 0. The predicted molar refractivity (Wildman–Crippen MR) is 82.7 cm³/mol. The summed E-state index contributed by atoms with van der Waals surface area (Å²) in [6.07, 6.45) is 1.66. The summed E-state index contributed by atoms with van der Waals surface area (Å²) >= 11 is 1.69. The van der Waals surface area contributed by atoms with E-state index in [0.29, 0.717) is 11.3 Å². The Labute approximate surface area is 125 Å². The third kappa shape index (κ3) is 3.13. The zero-order valence-electron chi connectivity index (χ0n) is 11.5. The van der Waals surface area contributed by atoms with E-state index in [1.165, 1.54) is 0 Å². The van der Waals surface area contributed by atoms with Gasteiger partial charge in [0.25, 0.3) is 0 Å². The highest BCUT2D eigenvalue weighted by atomic mass is 32.2. The van der Waals surface area contributed by atoms with Gasteiger partial charge in [-0.15, -0.1) is 11.8 Å². The van der Waals surface area contributed by atoms with E-state index >= 15 is 0 Å². The minimum Gasteiger partial charge on any atom is -0.497 e. The first-order valence-corrected chi connectivity index (χ1v) is 7.62. The van der Waals surface area contributed by atoms with Crippen LogP contribution in [0.4, 0.5) is 0 Å². The minimum absolute atomic E-state index is 0.343. The highest BCUT2D eigenvalue weighted by Crippen LogP contribution is 2.26. The molecule has 0 amide bonds. The Morgan fingerprint density at radius 1 is 1.19 bits per heavy atom. The second-order valence-corrected chi connectivity index (χ2v) is 5.51. The van der Waals surface area contributed by atoms with Crippen molar-refractivity contribution in [3.8, 4) is 5.75 Å². The fourth-order valence-corrected chi connectivity index (χ4v) is 3.04. The summed E-state index contributed by atoms with van der Waals surface area (Å²) in [4.78, 5) is 11.7. The second-order valence-electron chi connectivity index (χ2n) is 4.52. The first-order valence-electron chi connectivity index (χ1n) is 6.47. The van der Waals surface area contributed by atoms with Gasteiger partial charge in [-0.3, -0.25) is 0 Å². The van der Waals surface area contributed by atoms with Gasteiger partial charge >= 0.3 is 5.63 Å². The molecule has 0 unspecified atom stereocenters. The van der Waals surface area contributed by atoms with Gasteiger partial charge in [-0.1, -0.05) is 0 Å². The average molecular weight is 302 g/mol. The van der Waals surface area contributed by atoms with Crippen molar-refractivity contribution in [2.45, 2.75) is 11.5 Å². The Morgan fingerprint density at radius 2 is 2.10 bits per heavy atom. The molecule has 0 spiro atoms. The van der Waals surface area contributed by atoms with Crippen molar-refractivity contribution >= 4 is 22.7 Å². The van der Waals surface area contributed by atoms with E-state index in [0.717, 1.165) is 28.2 Å². The normalized spacial score (nSPS) is 10.9. The first kappa shape index (κ1) is 13.8. The van der Waals surface area contributed by atoms with Gasteiger partial charge in [-0.2, -0.15) is 0 Å². The highest BCUT2D eigenvalue weighted by Gasteiger charge is 2.07. The summed E-state index contributed by atoms with van der Waals surface area (Å²) in [5.74, 6) is 3.08. The lowest BCUT2D eigenvalue weighted by atomic mass is 10.1. The lowest BCUT2D eigenvalue weighted by Crippen LogP contribution is -2.00. The molecular formula is C16H14O4S. The third-order valence-electron chi connectivity index (χ3n) is 3.12. The largest absolute Gasteiger partial charge is 0.497 e. The van der Waals surface area contributed by atoms with Gasteiger partial charge in [0.05, 0.1) is 19.1 Å². The van der Waals surface area contributed by atoms with Crippen LogP contribution in [0.15, 0.2) is 56.3 Å². The standard InChI is InChI=1S/C16H14O4S/c1-18-12-4-5-14-11(7-16(17)20-15(14)8-12)9-21-10-13-3-2-6-19-13/h2-8H,9-10H2,1H3. The van der Waals surface area contributed by atoms with Crippen LogP contribution in [-0.2, 0) is 11.5 Å². The van der Waals surface area contributed by atoms with E-state index in [1.54, 1.807) is 37.3 Å². The SMILES string of the molecule is COc1ccc2c(CSCc3ccco3)cc(=O)oc2c1. The molecule has 3 rings (SSSR count). The molecule has 0 bridgehead atoms. The lowest BCUT2D eigenvalue weighted by molar-refractivity contribution is 0.414. The molecular weight excluding hydrogens is 288 g/mol. The van der Waals surface area contributed by atoms with Gasteiger partial charge < -0.3 is 13.6 Å². The summed E-state index contributed by atoms with van der Waals surface area (Å²) in [7, 11) is 1.59. The fraction of sp³-hybridized carbons (Fsp3) is 0.188. The topological polar surface area (TPSA) is 52.6 Å². The monoisotopic (exact) mass is 302 g/mol. The number of methoxy groups -OCH3 is 1. The lowest BCUT2D eigenvalue weighted by Gasteiger charge is -2.06. The molecule has 0 radical (unpaired) electrons. The predicted octanol–water partition coefficient (Wildman–Crippen LogP) is 3.83. The Hall–Kier alpha value is -2.14. The Balaban J connectivity index is 1.85. The molecule has 2 aromatic heterocycles. The van der Waals surface area contributed by atoms with E-state index in [2.05, 4.69) is 0 Å². The molecule has 0 aliphatic heterocycles. The number of benzene rings is 1.